The van der Waals surface area contributed by atoms with Crippen molar-refractivity contribution in [3.63, 3.8) is 0 Å². The van der Waals surface area contributed by atoms with E-state index in [1.165, 1.54) is 86.0 Å². The van der Waals surface area contributed by atoms with Crippen LogP contribution in [0.4, 0.5) is 4.79 Å². The van der Waals surface area contributed by atoms with E-state index < -0.39 is 125 Å². The number of thiocarbonyl (C=S) groups is 1. The Balaban J connectivity index is 1.09. The first-order valence-electron chi connectivity index (χ1n) is 27.7. The number of carbonyl (C=O) groups is 8. The fourth-order valence-corrected chi connectivity index (χ4v) is 13.7. The third kappa shape index (κ3) is 14.2. The number of hydrogen-bond acceptors (Lipinski definition) is 23. The van der Waals surface area contributed by atoms with E-state index in [0.29, 0.717) is 17.0 Å². The Hall–Kier alpha value is -7.75. The standard InChI is InChI=1S/C61H67N5O18S3/c1-34-42(31-61(76)52(83-54(73)39-21-14-9-15-22-39)50-59(6,43(69)30-44-60(50,33-79-44)84-36(3)68)51(71)48(80-35(2)67)46(34)58(61,4)5)81-55(74)49(47(37-17-10-7-11-18-37)65-53(72)38-19-12-8-13-20-38)82-57(75)78-26-28-87-86-27-25-77-45(70)29-40-23-16-24-63-41(40)32-64-66-56(62)85/h7-24,32,42-44,47-50,52,69,76H,25-31,33H2,1-6H3,(H,65,72)(H3,62,66,85)/b64-32+/t42?,43-,44+,47-,48+,49+,50-,52-,59+,60-,61+/m0/s1. The van der Waals surface area contributed by atoms with E-state index in [1.807, 2.05) is 0 Å². The van der Waals surface area contributed by atoms with E-state index in [4.69, 9.17) is 55.8 Å². The average Bonchev–Trinajstić information content (AvgIpc) is 0.726. The van der Waals surface area contributed by atoms with Gasteiger partial charge in [0.05, 0.1) is 47.9 Å². The molecule has 11 atom stereocenters. The molecule has 3 aliphatic carbocycles. The molecule has 2 bridgehead atoms. The van der Waals surface area contributed by atoms with Gasteiger partial charge in [-0.25, -0.2) is 14.4 Å². The molecule has 87 heavy (non-hydrogen) atoms. The predicted octanol–water partition coefficient (Wildman–Crippen LogP) is 5.63. The summed E-state index contributed by atoms with van der Waals surface area (Å²) in [4.78, 5) is 117. The molecule has 1 amide bonds. The van der Waals surface area contributed by atoms with Crippen LogP contribution in [-0.4, -0.2) is 153 Å². The highest BCUT2D eigenvalue weighted by Gasteiger charge is 2.78. The van der Waals surface area contributed by atoms with Gasteiger partial charge in [-0.15, -0.1) is 0 Å². The van der Waals surface area contributed by atoms with Crippen molar-refractivity contribution in [3.8, 4) is 0 Å². The summed E-state index contributed by atoms with van der Waals surface area (Å²) in [6.07, 6.45) is -9.73. The van der Waals surface area contributed by atoms with Crippen molar-refractivity contribution in [2.24, 2.45) is 27.6 Å². The number of hydrogen-bond donors (Lipinski definition) is 5. The summed E-state index contributed by atoms with van der Waals surface area (Å²) in [5.74, 6) is -7.27. The fraction of sp³-hybridized carbons (Fsp3) is 0.426. The normalized spacial score (nSPS) is 25.9. The second-order valence-electron chi connectivity index (χ2n) is 21.9. The number of ether oxygens (including phenoxy) is 8. The Kier molecular flexibility index (Phi) is 21.0. The van der Waals surface area contributed by atoms with Crippen LogP contribution in [0.5, 0.6) is 0 Å². The van der Waals surface area contributed by atoms with Crippen LogP contribution < -0.4 is 16.5 Å². The first-order chi connectivity index (χ1) is 41.4. The highest BCUT2D eigenvalue weighted by atomic mass is 33.1. The van der Waals surface area contributed by atoms with Gasteiger partial charge in [0.1, 0.15) is 43.2 Å². The lowest BCUT2D eigenvalue weighted by Gasteiger charge is -2.67. The molecule has 3 fully saturated rings. The van der Waals surface area contributed by atoms with Gasteiger partial charge in [-0.1, -0.05) is 108 Å². The maximum Gasteiger partial charge on any atom is 0.509 e. The molecule has 0 spiro atoms. The van der Waals surface area contributed by atoms with Gasteiger partial charge in [0.25, 0.3) is 5.91 Å². The number of nitrogens with zero attached hydrogens (tertiary/aromatic N) is 2. The van der Waals surface area contributed by atoms with Crippen LogP contribution in [0.15, 0.2) is 126 Å². The van der Waals surface area contributed by atoms with Gasteiger partial charge in [-0.3, -0.25) is 34.4 Å². The van der Waals surface area contributed by atoms with E-state index in [1.54, 1.807) is 78.9 Å². The van der Waals surface area contributed by atoms with Crippen molar-refractivity contribution in [2.75, 3.05) is 31.3 Å². The van der Waals surface area contributed by atoms with Gasteiger partial charge < -0.3 is 59.2 Å². The minimum atomic E-state index is -2.52. The molecular weight excluding hydrogens is 1190 g/mol. The number of aliphatic hydroxyl groups excluding tert-OH is 1. The number of fused-ring (bicyclic) bond motifs is 5. The summed E-state index contributed by atoms with van der Waals surface area (Å²) in [6.45, 7) is 7.54. The Labute approximate surface area is 514 Å². The number of Topliss-reactive ketones (excluding diaryl/α,β-unsaturated/α-hetero) is 1. The van der Waals surface area contributed by atoms with Gasteiger partial charge >= 0.3 is 36.0 Å². The Bertz CT molecular complexity index is 3300. The number of esters is 5. The Morgan fingerprint density at radius 3 is 2.10 bits per heavy atom. The molecule has 4 aliphatic rings. The number of carbonyl (C=O) groups excluding carboxylic acids is 8. The lowest BCUT2D eigenvalue weighted by molar-refractivity contribution is -0.346. The lowest BCUT2D eigenvalue weighted by Crippen LogP contribution is -2.82. The van der Waals surface area contributed by atoms with E-state index in [-0.39, 0.29) is 71.4 Å². The quantitative estimate of drug-likeness (QED) is 0.00931. The van der Waals surface area contributed by atoms with Gasteiger partial charge in [0.15, 0.2) is 22.6 Å². The van der Waals surface area contributed by atoms with Crippen LogP contribution in [0.1, 0.15) is 98.0 Å². The van der Waals surface area contributed by atoms with Crippen LogP contribution in [0.25, 0.3) is 0 Å². The second kappa shape index (κ2) is 28.0. The first-order valence-corrected chi connectivity index (χ1v) is 30.6. The highest BCUT2D eigenvalue weighted by molar-refractivity contribution is 8.76. The number of benzene rings is 3. The number of pyridine rings is 1. The van der Waals surface area contributed by atoms with Gasteiger partial charge in [0, 0.05) is 55.4 Å². The van der Waals surface area contributed by atoms with Crippen LogP contribution >= 0.6 is 33.8 Å². The van der Waals surface area contributed by atoms with E-state index >= 15 is 9.59 Å². The van der Waals surface area contributed by atoms with Crippen molar-refractivity contribution in [3.05, 3.63) is 148 Å². The molecule has 0 radical (unpaired) electrons. The predicted molar refractivity (Wildman–Crippen MR) is 319 cm³/mol. The molecular formula is C61H67N5O18S3. The van der Waals surface area contributed by atoms with E-state index in [0.717, 1.165) is 13.8 Å². The monoisotopic (exact) mass is 1250 g/mol. The molecule has 1 saturated heterocycles. The molecule has 462 valence electrons. The van der Waals surface area contributed by atoms with Crippen molar-refractivity contribution in [1.82, 2.24) is 15.7 Å². The summed E-state index contributed by atoms with van der Waals surface area (Å²) in [7, 11) is 2.60. The molecule has 1 aromatic heterocycles. The molecule has 4 aromatic rings. The van der Waals surface area contributed by atoms with Gasteiger partial charge in [-0.05, 0) is 78.7 Å². The number of rotatable bonds is 22. The molecule has 1 unspecified atom stereocenters. The van der Waals surface area contributed by atoms with Gasteiger partial charge in [0.2, 0.25) is 6.10 Å². The maximum absolute atomic E-state index is 15.8. The number of aliphatic hydroxyl groups is 2. The number of nitrogens with two attached hydrogens (primary N) is 1. The molecule has 2 heterocycles. The molecule has 3 aromatic carbocycles. The third-order valence-electron chi connectivity index (χ3n) is 16.2. The number of nitrogens with one attached hydrogen (secondary N) is 2. The average molecular weight is 1250 g/mol. The summed E-state index contributed by atoms with van der Waals surface area (Å²) < 4.78 is 47.7. The largest absolute Gasteiger partial charge is 0.509 e. The topological polar surface area (TPSA) is 326 Å². The summed E-state index contributed by atoms with van der Waals surface area (Å²) >= 11 is 4.75. The molecule has 26 heteroatoms. The minimum absolute atomic E-state index is 0.0207. The van der Waals surface area contributed by atoms with Crippen molar-refractivity contribution >= 4 is 92.8 Å². The van der Waals surface area contributed by atoms with Crippen molar-refractivity contribution in [1.29, 1.82) is 0 Å². The first kappa shape index (κ1) is 65.2. The zero-order valence-corrected chi connectivity index (χ0v) is 50.8. The summed E-state index contributed by atoms with van der Waals surface area (Å²) in [5.41, 5.74) is 0.998. The molecule has 1 aliphatic heterocycles. The lowest BCUT2D eigenvalue weighted by atomic mass is 9.44. The zero-order valence-electron chi connectivity index (χ0n) is 48.4. The second-order valence-corrected chi connectivity index (χ2v) is 25.0. The number of aromatic nitrogens is 1. The summed E-state index contributed by atoms with van der Waals surface area (Å²) in [6, 6.07) is 25.7. The van der Waals surface area contributed by atoms with Crippen LogP contribution in [0.3, 0.4) is 0 Å². The zero-order chi connectivity index (χ0) is 62.8. The Morgan fingerprint density at radius 2 is 1.49 bits per heavy atom. The fourth-order valence-electron chi connectivity index (χ4n) is 12.0. The maximum atomic E-state index is 15.8. The number of ketones is 1. The highest BCUT2D eigenvalue weighted by Crippen LogP contribution is 2.64. The van der Waals surface area contributed by atoms with E-state index in [9.17, 15) is 39.0 Å². The van der Waals surface area contributed by atoms with Gasteiger partial charge in [-0.2, -0.15) is 5.10 Å². The smallest absolute Gasteiger partial charge is 0.465 e. The van der Waals surface area contributed by atoms with Crippen molar-refractivity contribution in [2.45, 2.75) is 115 Å². The molecule has 23 nitrogen and oxygen atoms in total. The molecule has 6 N–H and O–H groups in total. The van der Waals surface area contributed by atoms with Crippen LogP contribution in [0.2, 0.25) is 0 Å². The molecule has 2 saturated carbocycles. The molecule has 8 rings (SSSR count). The SMILES string of the molecule is CC(=O)O[C@H]1C(=O)[C@@]2(C)[C@H]([C@H](OC(=O)c3ccccc3)[C@]3(O)CC(OC(=O)[C@H](OC(=O)OCCSSCCOC(=O)Cc4cccnc4/C=N/NC(N)=S)[C@@H](NC(=O)c4ccccc4)c4ccccc4)C(C)=C1C3(C)C)[C@]1(OC(C)=O)CO[C@@H]1C[C@@H]2O. The summed E-state index contributed by atoms with van der Waals surface area (Å²) in [5, 5.41) is 33.0. The van der Waals surface area contributed by atoms with E-state index in [2.05, 4.69) is 20.8 Å². The van der Waals surface area contributed by atoms with Crippen LogP contribution in [0, 0.1) is 16.7 Å². The number of hydrazone groups is 1. The minimum Gasteiger partial charge on any atom is -0.465 e. The Morgan fingerprint density at radius 1 is 0.862 bits per heavy atom. The van der Waals surface area contributed by atoms with Crippen LogP contribution in [-0.2, 0) is 68.3 Å². The third-order valence-corrected chi connectivity index (χ3v) is 18.6. The number of amides is 1. The van der Waals surface area contributed by atoms with Crippen molar-refractivity contribution < 1.29 is 86.5 Å².